The summed E-state index contributed by atoms with van der Waals surface area (Å²) >= 11 is 0. The van der Waals surface area contributed by atoms with Gasteiger partial charge in [0.25, 0.3) is 11.3 Å². The number of benzene rings is 1. The van der Waals surface area contributed by atoms with Gasteiger partial charge in [-0.1, -0.05) is 35.5 Å². The van der Waals surface area contributed by atoms with Crippen molar-refractivity contribution in [3.63, 3.8) is 0 Å². The monoisotopic (exact) mass is 354 g/mol. The third kappa shape index (κ3) is 3.82. The molecule has 0 bridgehead atoms. The molecule has 7 heteroatoms. The molecule has 1 N–H and O–H groups in total. The molecule has 0 unspecified atom stereocenters. The lowest BCUT2D eigenvalue weighted by Gasteiger charge is -2.15. The molecule has 2 heterocycles. The van der Waals surface area contributed by atoms with Crippen molar-refractivity contribution in [3.8, 4) is 0 Å². The van der Waals surface area contributed by atoms with Crippen LogP contribution in [0, 0.1) is 13.8 Å². The molecular formula is C19H22N4O3. The maximum atomic E-state index is 12.6. The molecule has 0 aliphatic heterocycles. The van der Waals surface area contributed by atoms with Crippen LogP contribution in [0.3, 0.4) is 0 Å². The number of carbonyl (C=O) groups is 1. The van der Waals surface area contributed by atoms with Gasteiger partial charge in [0.2, 0.25) is 5.91 Å². The van der Waals surface area contributed by atoms with Crippen LogP contribution >= 0.6 is 0 Å². The second-order valence-corrected chi connectivity index (χ2v) is 6.49. The molecule has 3 aromatic rings. The number of rotatable bonds is 6. The fourth-order valence-electron chi connectivity index (χ4n) is 2.92. The first-order valence-electron chi connectivity index (χ1n) is 8.62. The molecule has 0 aliphatic rings. The average molecular weight is 354 g/mol. The number of hydrogen-bond donors (Lipinski definition) is 1. The van der Waals surface area contributed by atoms with E-state index in [-0.39, 0.29) is 29.8 Å². The van der Waals surface area contributed by atoms with Crippen LogP contribution in [0.1, 0.15) is 30.4 Å². The zero-order valence-electron chi connectivity index (χ0n) is 15.2. The molecule has 1 aromatic carbocycles. The van der Waals surface area contributed by atoms with Crippen molar-refractivity contribution in [1.82, 2.24) is 20.0 Å². The molecule has 0 spiro atoms. The minimum absolute atomic E-state index is 0.00716. The number of hydrogen-bond acceptors (Lipinski definition) is 5. The topological polar surface area (TPSA) is 90.0 Å². The summed E-state index contributed by atoms with van der Waals surface area (Å²) in [5.41, 5.74) is 1.61. The maximum Gasteiger partial charge on any atom is 0.267 e. The molecule has 0 saturated carbocycles. The number of nitrogens with one attached hydrogen (secondary N) is 1. The van der Waals surface area contributed by atoms with E-state index in [0.29, 0.717) is 16.9 Å². The first-order valence-corrected chi connectivity index (χ1v) is 8.62. The number of aromatic nitrogens is 3. The van der Waals surface area contributed by atoms with Gasteiger partial charge in [0.1, 0.15) is 17.8 Å². The lowest BCUT2D eigenvalue weighted by atomic mass is 10.1. The molecule has 1 amide bonds. The van der Waals surface area contributed by atoms with E-state index >= 15 is 0 Å². The minimum atomic E-state index is -0.307. The van der Waals surface area contributed by atoms with E-state index < -0.39 is 0 Å². The molecule has 0 saturated heterocycles. The van der Waals surface area contributed by atoms with Crippen LogP contribution in [0.2, 0.25) is 0 Å². The average Bonchev–Trinajstić information content (AvgIpc) is 2.98. The Bertz CT molecular complexity index is 976. The van der Waals surface area contributed by atoms with Crippen molar-refractivity contribution in [3.05, 3.63) is 57.8 Å². The molecule has 0 aliphatic carbocycles. The largest absolute Gasteiger partial charge is 0.352 e. The SMILES string of the molecule is Cc1noc2nc(C)n(CC(=O)N[C@H](C)CCc3ccccc3)c(=O)c12. The molecule has 136 valence electrons. The number of carbonyl (C=O) groups excluding carboxylic acids is 1. The number of amides is 1. The quantitative estimate of drug-likeness (QED) is 0.732. The van der Waals surface area contributed by atoms with Gasteiger partial charge in [-0.25, -0.2) is 0 Å². The first kappa shape index (κ1) is 17.8. The molecule has 1 atom stereocenters. The highest BCUT2D eigenvalue weighted by Gasteiger charge is 2.17. The van der Waals surface area contributed by atoms with Gasteiger partial charge in [0.05, 0.1) is 5.69 Å². The van der Waals surface area contributed by atoms with Gasteiger partial charge < -0.3 is 9.84 Å². The predicted molar refractivity (Wildman–Crippen MR) is 97.9 cm³/mol. The van der Waals surface area contributed by atoms with Crippen LogP contribution < -0.4 is 10.9 Å². The van der Waals surface area contributed by atoms with Crippen LogP contribution in [-0.2, 0) is 17.8 Å². The second kappa shape index (κ2) is 7.51. The van der Waals surface area contributed by atoms with Crippen LogP contribution in [0.25, 0.3) is 11.1 Å². The Hall–Kier alpha value is -2.96. The molecule has 3 rings (SSSR count). The number of aryl methyl sites for hydroxylation is 3. The standard InChI is InChI=1S/C19H22N4O3/c1-12(9-10-15-7-5-4-6-8-15)20-16(24)11-23-14(3)21-18-17(19(23)25)13(2)22-26-18/h4-8,12H,9-11H2,1-3H3,(H,20,24)/t12-/m1/s1. The van der Waals surface area contributed by atoms with Crippen LogP contribution in [0.15, 0.2) is 39.6 Å². The van der Waals surface area contributed by atoms with E-state index in [9.17, 15) is 9.59 Å². The van der Waals surface area contributed by atoms with E-state index in [4.69, 9.17) is 4.52 Å². The predicted octanol–water partition coefficient (Wildman–Crippen LogP) is 2.14. The fourth-order valence-corrected chi connectivity index (χ4v) is 2.92. The van der Waals surface area contributed by atoms with Gasteiger partial charge >= 0.3 is 0 Å². The van der Waals surface area contributed by atoms with Crippen molar-refractivity contribution in [1.29, 1.82) is 0 Å². The summed E-state index contributed by atoms with van der Waals surface area (Å²) in [5.74, 6) is 0.205. The van der Waals surface area contributed by atoms with Crippen LogP contribution in [0.5, 0.6) is 0 Å². The van der Waals surface area contributed by atoms with Crippen molar-refractivity contribution < 1.29 is 9.32 Å². The van der Waals surface area contributed by atoms with Gasteiger partial charge in [-0.15, -0.1) is 0 Å². The molecule has 7 nitrogen and oxygen atoms in total. The van der Waals surface area contributed by atoms with Crippen molar-refractivity contribution >= 4 is 17.0 Å². The summed E-state index contributed by atoms with van der Waals surface area (Å²) < 4.78 is 6.39. The third-order valence-electron chi connectivity index (χ3n) is 4.38. The van der Waals surface area contributed by atoms with E-state index in [1.165, 1.54) is 10.1 Å². The van der Waals surface area contributed by atoms with Gasteiger partial charge in [-0.3, -0.25) is 14.2 Å². The lowest BCUT2D eigenvalue weighted by Crippen LogP contribution is -2.38. The highest BCUT2D eigenvalue weighted by atomic mass is 16.5. The highest BCUT2D eigenvalue weighted by Crippen LogP contribution is 2.11. The molecule has 0 radical (unpaired) electrons. The summed E-state index contributed by atoms with van der Waals surface area (Å²) in [6.07, 6.45) is 1.71. The van der Waals surface area contributed by atoms with Crippen LogP contribution in [0.4, 0.5) is 0 Å². The third-order valence-corrected chi connectivity index (χ3v) is 4.38. The normalized spacial score (nSPS) is 12.3. The minimum Gasteiger partial charge on any atom is -0.352 e. The molecular weight excluding hydrogens is 332 g/mol. The zero-order chi connectivity index (χ0) is 18.7. The Morgan fingerprint density at radius 3 is 2.73 bits per heavy atom. The summed E-state index contributed by atoms with van der Waals surface area (Å²) in [5, 5.41) is 7.03. The van der Waals surface area contributed by atoms with E-state index in [0.717, 1.165) is 12.8 Å². The number of nitrogens with zero attached hydrogens (tertiary/aromatic N) is 3. The van der Waals surface area contributed by atoms with Crippen LogP contribution in [-0.4, -0.2) is 26.7 Å². The first-order chi connectivity index (χ1) is 12.5. The Kier molecular flexibility index (Phi) is 5.16. The zero-order valence-corrected chi connectivity index (χ0v) is 15.2. The van der Waals surface area contributed by atoms with Crippen molar-refractivity contribution in [2.45, 2.75) is 46.2 Å². The van der Waals surface area contributed by atoms with Gasteiger partial charge in [-0.05, 0) is 39.2 Å². The second-order valence-electron chi connectivity index (χ2n) is 6.49. The van der Waals surface area contributed by atoms with Gasteiger partial charge in [0, 0.05) is 6.04 Å². The Morgan fingerprint density at radius 1 is 1.27 bits per heavy atom. The summed E-state index contributed by atoms with van der Waals surface area (Å²) in [7, 11) is 0. The summed E-state index contributed by atoms with van der Waals surface area (Å²) in [6, 6.07) is 10.1. The van der Waals surface area contributed by atoms with E-state index in [2.05, 4.69) is 27.6 Å². The summed E-state index contributed by atoms with van der Waals surface area (Å²) in [6.45, 7) is 5.24. The maximum absolute atomic E-state index is 12.6. The molecule has 2 aromatic heterocycles. The van der Waals surface area contributed by atoms with Crippen molar-refractivity contribution in [2.24, 2.45) is 0 Å². The van der Waals surface area contributed by atoms with E-state index in [1.807, 2.05) is 25.1 Å². The lowest BCUT2D eigenvalue weighted by molar-refractivity contribution is -0.122. The molecule has 0 fully saturated rings. The highest BCUT2D eigenvalue weighted by molar-refractivity contribution is 5.78. The Morgan fingerprint density at radius 2 is 2.00 bits per heavy atom. The summed E-state index contributed by atoms with van der Waals surface area (Å²) in [4.78, 5) is 29.2. The molecule has 26 heavy (non-hydrogen) atoms. The van der Waals surface area contributed by atoms with E-state index in [1.54, 1.807) is 13.8 Å². The van der Waals surface area contributed by atoms with Crippen molar-refractivity contribution in [2.75, 3.05) is 0 Å². The van der Waals surface area contributed by atoms with Gasteiger partial charge in [-0.2, -0.15) is 4.98 Å². The Balaban J connectivity index is 1.65. The fraction of sp³-hybridized carbons (Fsp3) is 0.368. The Labute approximate surface area is 151 Å². The van der Waals surface area contributed by atoms with Gasteiger partial charge in [0.15, 0.2) is 0 Å². The number of fused-ring (bicyclic) bond motifs is 1. The smallest absolute Gasteiger partial charge is 0.267 e.